The van der Waals surface area contributed by atoms with Crippen molar-refractivity contribution in [1.82, 2.24) is 4.90 Å². The second kappa shape index (κ2) is 9.57. The van der Waals surface area contributed by atoms with Crippen LogP contribution in [0.5, 0.6) is 0 Å². The highest BCUT2D eigenvalue weighted by atomic mass is 16.3. The van der Waals surface area contributed by atoms with Crippen LogP contribution >= 0.6 is 0 Å². The molecule has 1 aliphatic heterocycles. The van der Waals surface area contributed by atoms with E-state index >= 15 is 0 Å². The molecule has 1 unspecified atom stereocenters. The fraction of sp³-hybridized carbons (Fsp3) is 0.600. The van der Waals surface area contributed by atoms with Crippen molar-refractivity contribution in [3.63, 3.8) is 0 Å². The van der Waals surface area contributed by atoms with E-state index in [1.807, 2.05) is 25.1 Å². The lowest BCUT2D eigenvalue weighted by molar-refractivity contribution is -0.146. The van der Waals surface area contributed by atoms with E-state index < -0.39 is 11.8 Å². The number of carbonyl (C=O) groups is 2. The number of aliphatic hydroxyl groups is 1. The van der Waals surface area contributed by atoms with Crippen molar-refractivity contribution < 1.29 is 14.7 Å². The molecule has 6 heteroatoms. The number of hydrogen-bond donors (Lipinski definition) is 2. The zero-order chi connectivity index (χ0) is 19.1. The Bertz CT molecular complexity index is 627. The van der Waals surface area contributed by atoms with Crippen LogP contribution in [0.15, 0.2) is 18.2 Å². The third-order valence-electron chi connectivity index (χ3n) is 5.13. The van der Waals surface area contributed by atoms with Crippen LogP contribution in [0.1, 0.15) is 45.1 Å². The molecular formula is C20H31N3O3. The van der Waals surface area contributed by atoms with Gasteiger partial charge in [0.05, 0.1) is 0 Å². The molecule has 0 saturated carbocycles. The van der Waals surface area contributed by atoms with E-state index in [4.69, 9.17) is 0 Å². The summed E-state index contributed by atoms with van der Waals surface area (Å²) in [6.07, 6.45) is 3.30. The van der Waals surface area contributed by atoms with Gasteiger partial charge < -0.3 is 20.2 Å². The van der Waals surface area contributed by atoms with Crippen LogP contribution < -0.4 is 10.2 Å². The highest BCUT2D eigenvalue weighted by Crippen LogP contribution is 2.24. The first-order valence-corrected chi connectivity index (χ1v) is 9.60. The zero-order valence-electron chi connectivity index (χ0n) is 16.1. The summed E-state index contributed by atoms with van der Waals surface area (Å²) in [6.45, 7) is 8.59. The molecule has 1 aromatic rings. The van der Waals surface area contributed by atoms with Gasteiger partial charge in [-0.15, -0.1) is 0 Å². The van der Waals surface area contributed by atoms with Gasteiger partial charge in [-0.05, 0) is 70.2 Å². The second-order valence-corrected chi connectivity index (χ2v) is 6.79. The molecule has 0 aromatic heterocycles. The van der Waals surface area contributed by atoms with Gasteiger partial charge in [0.15, 0.2) is 0 Å². The number of nitrogens with one attached hydrogen (secondary N) is 1. The van der Waals surface area contributed by atoms with E-state index in [0.717, 1.165) is 43.6 Å². The van der Waals surface area contributed by atoms with E-state index in [1.54, 1.807) is 4.90 Å². The first-order chi connectivity index (χ1) is 12.5. The number of nitrogens with zero attached hydrogens (tertiary/aromatic N) is 2. The molecule has 144 valence electrons. The Morgan fingerprint density at radius 1 is 1.27 bits per heavy atom. The normalized spacial score (nSPS) is 17.1. The number of aliphatic hydroxyl groups excluding tert-OH is 1. The molecule has 0 aliphatic carbocycles. The van der Waals surface area contributed by atoms with E-state index in [9.17, 15) is 14.7 Å². The van der Waals surface area contributed by atoms with E-state index in [0.29, 0.717) is 18.7 Å². The Morgan fingerprint density at radius 2 is 2.00 bits per heavy atom. The molecule has 1 aliphatic rings. The van der Waals surface area contributed by atoms with Gasteiger partial charge in [-0.2, -0.15) is 0 Å². The number of hydrogen-bond acceptors (Lipinski definition) is 4. The summed E-state index contributed by atoms with van der Waals surface area (Å²) in [7, 11) is 0. The quantitative estimate of drug-likeness (QED) is 0.764. The van der Waals surface area contributed by atoms with Crippen molar-refractivity contribution >= 4 is 23.2 Å². The monoisotopic (exact) mass is 361 g/mol. The highest BCUT2D eigenvalue weighted by molar-refractivity contribution is 6.39. The number of benzene rings is 1. The Balaban J connectivity index is 2.07. The molecule has 2 N–H and O–H groups in total. The molecule has 1 saturated heterocycles. The maximum atomic E-state index is 12.6. The number of likely N-dealkylation sites (tertiary alicyclic amines) is 1. The Labute approximate surface area is 156 Å². The maximum Gasteiger partial charge on any atom is 0.313 e. The second-order valence-electron chi connectivity index (χ2n) is 6.79. The molecule has 0 spiro atoms. The lowest BCUT2D eigenvalue weighted by Crippen LogP contribution is -2.48. The molecule has 1 aromatic carbocycles. The SMILES string of the molecule is CCN(CC)c1ccc(NC(=O)C(=O)N2CCCCC2CCO)c(C)c1. The number of carbonyl (C=O) groups excluding carboxylic acids is 2. The predicted molar refractivity (Wildman–Crippen MR) is 104 cm³/mol. The number of piperidine rings is 1. The third-order valence-corrected chi connectivity index (χ3v) is 5.13. The largest absolute Gasteiger partial charge is 0.396 e. The van der Waals surface area contributed by atoms with Crippen molar-refractivity contribution in [2.75, 3.05) is 36.5 Å². The zero-order valence-corrected chi connectivity index (χ0v) is 16.1. The molecule has 0 radical (unpaired) electrons. The molecule has 0 bridgehead atoms. The fourth-order valence-electron chi connectivity index (χ4n) is 3.60. The molecular weight excluding hydrogens is 330 g/mol. The van der Waals surface area contributed by atoms with Gasteiger partial charge >= 0.3 is 11.8 Å². The van der Waals surface area contributed by atoms with Crippen LogP contribution in [0.3, 0.4) is 0 Å². The smallest absolute Gasteiger partial charge is 0.313 e. The van der Waals surface area contributed by atoms with Gasteiger partial charge in [0.25, 0.3) is 0 Å². The first kappa shape index (κ1) is 20.2. The Kier molecular flexibility index (Phi) is 7.45. The van der Waals surface area contributed by atoms with Crippen molar-refractivity contribution in [3.05, 3.63) is 23.8 Å². The Hall–Kier alpha value is -2.08. The van der Waals surface area contributed by atoms with Crippen LogP contribution in [0.4, 0.5) is 11.4 Å². The fourth-order valence-corrected chi connectivity index (χ4v) is 3.60. The predicted octanol–water partition coefficient (Wildman–Crippen LogP) is 2.54. The maximum absolute atomic E-state index is 12.6. The number of rotatable bonds is 6. The minimum Gasteiger partial charge on any atom is -0.396 e. The summed E-state index contributed by atoms with van der Waals surface area (Å²) in [5.41, 5.74) is 2.70. The minimum atomic E-state index is -0.603. The van der Waals surface area contributed by atoms with Crippen LogP contribution in [0, 0.1) is 6.92 Å². The average molecular weight is 361 g/mol. The molecule has 1 atom stereocenters. The standard InChI is InChI=1S/C20H31N3O3/c1-4-22(5-2)17-9-10-18(15(3)14-17)21-19(25)20(26)23-12-7-6-8-16(23)11-13-24/h9-10,14,16,24H,4-8,11-13H2,1-3H3,(H,21,25). The van der Waals surface area contributed by atoms with Crippen LogP contribution in [-0.4, -0.2) is 54.1 Å². The van der Waals surface area contributed by atoms with Crippen molar-refractivity contribution in [2.24, 2.45) is 0 Å². The molecule has 2 rings (SSSR count). The molecule has 1 heterocycles. The van der Waals surface area contributed by atoms with Gasteiger partial charge in [-0.3, -0.25) is 9.59 Å². The van der Waals surface area contributed by atoms with E-state index in [2.05, 4.69) is 24.1 Å². The molecule has 6 nitrogen and oxygen atoms in total. The van der Waals surface area contributed by atoms with Gasteiger partial charge in [0.2, 0.25) is 0 Å². The first-order valence-electron chi connectivity index (χ1n) is 9.60. The van der Waals surface area contributed by atoms with Gasteiger partial charge in [0.1, 0.15) is 0 Å². The van der Waals surface area contributed by atoms with Gasteiger partial charge in [-0.1, -0.05) is 0 Å². The van der Waals surface area contributed by atoms with E-state index in [-0.39, 0.29) is 12.6 Å². The summed E-state index contributed by atoms with van der Waals surface area (Å²) in [6, 6.07) is 5.81. The number of anilines is 2. The van der Waals surface area contributed by atoms with Crippen molar-refractivity contribution in [1.29, 1.82) is 0 Å². The average Bonchev–Trinajstić information content (AvgIpc) is 2.65. The van der Waals surface area contributed by atoms with Gasteiger partial charge in [0, 0.05) is 43.7 Å². The summed E-state index contributed by atoms with van der Waals surface area (Å²) in [4.78, 5) is 28.9. The lowest BCUT2D eigenvalue weighted by atomic mass is 9.99. The minimum absolute atomic E-state index is 0.0298. The number of aryl methyl sites for hydroxylation is 1. The summed E-state index contributed by atoms with van der Waals surface area (Å²) in [5.74, 6) is -1.11. The summed E-state index contributed by atoms with van der Waals surface area (Å²) < 4.78 is 0. The van der Waals surface area contributed by atoms with Crippen LogP contribution in [0.25, 0.3) is 0 Å². The Morgan fingerprint density at radius 3 is 2.62 bits per heavy atom. The van der Waals surface area contributed by atoms with Crippen LogP contribution in [-0.2, 0) is 9.59 Å². The molecule has 26 heavy (non-hydrogen) atoms. The molecule has 2 amide bonds. The lowest BCUT2D eigenvalue weighted by Gasteiger charge is -2.35. The van der Waals surface area contributed by atoms with Crippen molar-refractivity contribution in [3.8, 4) is 0 Å². The van der Waals surface area contributed by atoms with E-state index in [1.165, 1.54) is 0 Å². The molecule has 1 fully saturated rings. The summed E-state index contributed by atoms with van der Waals surface area (Å²) in [5, 5.41) is 12.0. The highest BCUT2D eigenvalue weighted by Gasteiger charge is 2.30. The third kappa shape index (κ3) is 4.75. The topological polar surface area (TPSA) is 72.9 Å². The van der Waals surface area contributed by atoms with Crippen molar-refractivity contribution in [2.45, 2.75) is 52.5 Å². The summed E-state index contributed by atoms with van der Waals surface area (Å²) >= 11 is 0. The number of amides is 2. The van der Waals surface area contributed by atoms with Gasteiger partial charge in [-0.25, -0.2) is 0 Å². The van der Waals surface area contributed by atoms with Crippen LogP contribution in [0.2, 0.25) is 0 Å².